The van der Waals surface area contributed by atoms with Crippen molar-refractivity contribution < 1.29 is 14.2 Å². The molecule has 0 spiro atoms. The minimum Gasteiger partial charge on any atom is -0.490 e. The Balaban J connectivity index is 1.80. The first-order valence-electron chi connectivity index (χ1n) is 7.63. The van der Waals surface area contributed by atoms with Gasteiger partial charge in [0.2, 0.25) is 0 Å². The summed E-state index contributed by atoms with van der Waals surface area (Å²) in [6.45, 7) is 3.70. The van der Waals surface area contributed by atoms with Gasteiger partial charge in [-0.15, -0.1) is 0 Å². The van der Waals surface area contributed by atoms with Crippen LogP contribution in [-0.2, 0) is 0 Å². The highest BCUT2D eigenvalue weighted by Crippen LogP contribution is 2.26. The zero-order chi connectivity index (χ0) is 15.6. The molecule has 118 valence electrons. The molecule has 22 heavy (non-hydrogen) atoms. The summed E-state index contributed by atoms with van der Waals surface area (Å²) >= 11 is 0. The lowest BCUT2D eigenvalue weighted by molar-refractivity contribution is 0.207. The third-order valence-electron chi connectivity index (χ3n) is 3.12. The summed E-state index contributed by atoms with van der Waals surface area (Å²) in [6.07, 6.45) is 2.14. The van der Waals surface area contributed by atoms with Gasteiger partial charge in [0.05, 0.1) is 12.3 Å². The van der Waals surface area contributed by atoms with Crippen molar-refractivity contribution in [3.63, 3.8) is 0 Å². The monoisotopic (exact) mass is 301 g/mol. The van der Waals surface area contributed by atoms with Gasteiger partial charge >= 0.3 is 0 Å². The van der Waals surface area contributed by atoms with E-state index in [1.165, 1.54) is 0 Å². The smallest absolute Gasteiger partial charge is 0.161 e. The molecule has 0 aliphatic heterocycles. The Bertz CT molecular complexity index is 572. The number of anilines is 1. The zero-order valence-corrected chi connectivity index (χ0v) is 13.0. The van der Waals surface area contributed by atoms with Crippen LogP contribution in [0.5, 0.6) is 17.2 Å². The molecular formula is C18H23NO3. The number of unbranched alkanes of at least 4 members (excludes halogenated alkanes) is 1. The maximum absolute atomic E-state index is 5.82. The highest BCUT2D eigenvalue weighted by molar-refractivity contribution is 5.51. The lowest BCUT2D eigenvalue weighted by atomic mass is 10.3. The fraction of sp³-hybridized carbons (Fsp3) is 0.333. The average molecular weight is 301 g/mol. The first-order valence-corrected chi connectivity index (χ1v) is 7.63. The van der Waals surface area contributed by atoms with Crippen molar-refractivity contribution >= 4 is 5.69 Å². The molecule has 4 heteroatoms. The number of nitrogen functional groups attached to an aromatic ring is 1. The van der Waals surface area contributed by atoms with E-state index in [1.54, 1.807) is 0 Å². The van der Waals surface area contributed by atoms with Crippen LogP contribution in [0.1, 0.15) is 19.8 Å². The summed E-state index contributed by atoms with van der Waals surface area (Å²) in [6, 6.07) is 15.1. The highest BCUT2D eigenvalue weighted by Gasteiger charge is 2.04. The normalized spacial score (nSPS) is 10.2. The second-order valence-corrected chi connectivity index (χ2v) is 4.88. The summed E-state index contributed by atoms with van der Waals surface area (Å²) in [7, 11) is 0. The van der Waals surface area contributed by atoms with E-state index in [9.17, 15) is 0 Å². The number of ether oxygens (including phenoxy) is 3. The number of hydrogen-bond acceptors (Lipinski definition) is 4. The Morgan fingerprint density at radius 2 is 1.23 bits per heavy atom. The van der Waals surface area contributed by atoms with Gasteiger partial charge in [0.25, 0.3) is 0 Å². The van der Waals surface area contributed by atoms with E-state index in [1.807, 2.05) is 48.5 Å². The van der Waals surface area contributed by atoms with Crippen molar-refractivity contribution in [1.82, 2.24) is 0 Å². The van der Waals surface area contributed by atoms with Crippen molar-refractivity contribution in [2.45, 2.75) is 19.8 Å². The van der Waals surface area contributed by atoms with E-state index in [0.717, 1.165) is 24.3 Å². The molecule has 0 fully saturated rings. The van der Waals surface area contributed by atoms with Gasteiger partial charge in [-0.25, -0.2) is 0 Å². The van der Waals surface area contributed by atoms with Crippen molar-refractivity contribution in [3.8, 4) is 17.2 Å². The SMILES string of the molecule is CCCCOc1ccccc1OCCOc1ccccc1N. The maximum atomic E-state index is 5.82. The Kier molecular flexibility index (Phi) is 6.42. The van der Waals surface area contributed by atoms with Crippen LogP contribution in [0, 0.1) is 0 Å². The predicted octanol–water partition coefficient (Wildman–Crippen LogP) is 3.91. The molecule has 0 radical (unpaired) electrons. The van der Waals surface area contributed by atoms with Crippen LogP contribution < -0.4 is 19.9 Å². The number of para-hydroxylation sites is 4. The molecule has 0 aliphatic rings. The second kappa shape index (κ2) is 8.82. The molecule has 0 saturated heterocycles. The van der Waals surface area contributed by atoms with Gasteiger partial charge in [-0.3, -0.25) is 0 Å². The van der Waals surface area contributed by atoms with Crippen LogP contribution in [0.2, 0.25) is 0 Å². The number of benzene rings is 2. The molecule has 0 amide bonds. The Labute approximate surface area is 131 Å². The molecule has 2 aromatic rings. The van der Waals surface area contributed by atoms with Crippen LogP contribution >= 0.6 is 0 Å². The van der Waals surface area contributed by atoms with Gasteiger partial charge in [0.15, 0.2) is 11.5 Å². The largest absolute Gasteiger partial charge is 0.490 e. The van der Waals surface area contributed by atoms with Crippen molar-refractivity contribution in [3.05, 3.63) is 48.5 Å². The minimum atomic E-state index is 0.428. The van der Waals surface area contributed by atoms with E-state index in [-0.39, 0.29) is 0 Å². The maximum Gasteiger partial charge on any atom is 0.161 e. The lowest BCUT2D eigenvalue weighted by Crippen LogP contribution is -2.10. The van der Waals surface area contributed by atoms with E-state index >= 15 is 0 Å². The Morgan fingerprint density at radius 3 is 1.82 bits per heavy atom. The summed E-state index contributed by atoms with van der Waals surface area (Å²) in [4.78, 5) is 0. The number of rotatable bonds is 9. The van der Waals surface area contributed by atoms with Gasteiger partial charge in [0.1, 0.15) is 19.0 Å². The molecule has 0 bridgehead atoms. The predicted molar refractivity (Wildman–Crippen MR) is 88.7 cm³/mol. The molecule has 0 aliphatic carbocycles. The number of nitrogens with two attached hydrogens (primary N) is 1. The van der Waals surface area contributed by atoms with Crippen LogP contribution in [0.15, 0.2) is 48.5 Å². The molecular weight excluding hydrogens is 278 g/mol. The zero-order valence-electron chi connectivity index (χ0n) is 13.0. The van der Waals surface area contributed by atoms with Gasteiger partial charge in [0, 0.05) is 0 Å². The minimum absolute atomic E-state index is 0.428. The number of hydrogen-bond donors (Lipinski definition) is 1. The van der Waals surface area contributed by atoms with Crippen LogP contribution in [0.4, 0.5) is 5.69 Å². The first-order chi connectivity index (χ1) is 10.8. The van der Waals surface area contributed by atoms with E-state index in [0.29, 0.717) is 31.3 Å². The highest BCUT2D eigenvalue weighted by atomic mass is 16.5. The first kappa shape index (κ1) is 16.0. The third-order valence-corrected chi connectivity index (χ3v) is 3.12. The Hall–Kier alpha value is -2.36. The lowest BCUT2D eigenvalue weighted by Gasteiger charge is -2.13. The summed E-state index contributed by atoms with van der Waals surface area (Å²) < 4.78 is 17.1. The topological polar surface area (TPSA) is 53.7 Å². The van der Waals surface area contributed by atoms with Gasteiger partial charge < -0.3 is 19.9 Å². The van der Waals surface area contributed by atoms with Crippen LogP contribution in [0.25, 0.3) is 0 Å². The fourth-order valence-corrected chi connectivity index (χ4v) is 1.93. The molecule has 2 N–H and O–H groups in total. The van der Waals surface area contributed by atoms with Crippen LogP contribution in [0.3, 0.4) is 0 Å². The molecule has 0 aromatic heterocycles. The molecule has 0 saturated carbocycles. The second-order valence-electron chi connectivity index (χ2n) is 4.88. The van der Waals surface area contributed by atoms with Crippen molar-refractivity contribution in [2.24, 2.45) is 0 Å². The molecule has 0 heterocycles. The van der Waals surface area contributed by atoms with Gasteiger partial charge in [-0.2, -0.15) is 0 Å². The van der Waals surface area contributed by atoms with Gasteiger partial charge in [-0.1, -0.05) is 37.6 Å². The van der Waals surface area contributed by atoms with Gasteiger partial charge in [-0.05, 0) is 30.7 Å². The summed E-state index contributed by atoms with van der Waals surface area (Å²) in [5.74, 6) is 2.19. The quantitative estimate of drug-likeness (QED) is 0.563. The fourth-order valence-electron chi connectivity index (χ4n) is 1.93. The van der Waals surface area contributed by atoms with Crippen LogP contribution in [-0.4, -0.2) is 19.8 Å². The van der Waals surface area contributed by atoms with E-state index in [2.05, 4.69) is 6.92 Å². The van der Waals surface area contributed by atoms with E-state index < -0.39 is 0 Å². The molecule has 0 unspecified atom stereocenters. The van der Waals surface area contributed by atoms with Crippen molar-refractivity contribution in [2.75, 3.05) is 25.6 Å². The average Bonchev–Trinajstić information content (AvgIpc) is 2.54. The summed E-state index contributed by atoms with van der Waals surface area (Å²) in [5.41, 5.74) is 6.45. The molecule has 4 nitrogen and oxygen atoms in total. The molecule has 0 atom stereocenters. The Morgan fingerprint density at radius 1 is 0.727 bits per heavy atom. The standard InChI is InChI=1S/C18H23NO3/c1-2-3-12-20-17-10-6-7-11-18(17)22-14-13-21-16-9-5-4-8-15(16)19/h4-11H,2-3,12-14,19H2,1H3. The third kappa shape index (κ3) is 4.88. The summed E-state index contributed by atoms with van der Waals surface area (Å²) in [5, 5.41) is 0. The molecule has 2 aromatic carbocycles. The van der Waals surface area contributed by atoms with Crippen molar-refractivity contribution in [1.29, 1.82) is 0 Å². The van der Waals surface area contributed by atoms with E-state index in [4.69, 9.17) is 19.9 Å². The molecule has 2 rings (SSSR count).